The Morgan fingerprint density at radius 2 is 2.21 bits per heavy atom. The van der Waals surface area contributed by atoms with Crippen LogP contribution in [0, 0.1) is 17.3 Å². The first-order valence-electron chi connectivity index (χ1n) is 4.54. The molecule has 0 bridgehead atoms. The Bertz CT molecular complexity index is 355. The summed E-state index contributed by atoms with van der Waals surface area (Å²) >= 11 is 0. The first kappa shape index (κ1) is 10.6. The second-order valence-corrected chi connectivity index (χ2v) is 4.16. The summed E-state index contributed by atoms with van der Waals surface area (Å²) < 4.78 is 4.81. The Kier molecular flexibility index (Phi) is 3.14. The topological polar surface area (TPSA) is 30.2 Å². The molecule has 0 atom stereocenters. The van der Waals surface area contributed by atoms with Crippen molar-refractivity contribution in [2.45, 2.75) is 27.2 Å². The van der Waals surface area contributed by atoms with E-state index in [1.165, 1.54) is 12.5 Å². The molecule has 1 heterocycles. The van der Waals surface area contributed by atoms with Crippen LogP contribution in [0.1, 0.15) is 37.6 Å². The van der Waals surface area contributed by atoms with Crippen molar-refractivity contribution in [2.24, 2.45) is 5.41 Å². The van der Waals surface area contributed by atoms with Gasteiger partial charge in [0, 0.05) is 5.41 Å². The quantitative estimate of drug-likeness (QED) is 0.530. The second kappa shape index (κ2) is 4.15. The van der Waals surface area contributed by atoms with Gasteiger partial charge in [0.2, 0.25) is 0 Å². The molecule has 0 N–H and O–H groups in total. The van der Waals surface area contributed by atoms with Gasteiger partial charge in [-0.05, 0) is 26.8 Å². The maximum Gasteiger partial charge on any atom is 0.177 e. The fourth-order valence-corrected chi connectivity index (χ4v) is 0.915. The smallest absolute Gasteiger partial charge is 0.177 e. The van der Waals surface area contributed by atoms with E-state index >= 15 is 0 Å². The van der Waals surface area contributed by atoms with Crippen LogP contribution in [0.4, 0.5) is 0 Å². The highest BCUT2D eigenvalue weighted by molar-refractivity contribution is 5.97. The molecule has 0 spiro atoms. The van der Waals surface area contributed by atoms with Crippen LogP contribution in [0.2, 0.25) is 0 Å². The molecule has 0 amide bonds. The molecule has 2 nitrogen and oxygen atoms in total. The van der Waals surface area contributed by atoms with Crippen molar-refractivity contribution in [2.75, 3.05) is 0 Å². The van der Waals surface area contributed by atoms with E-state index in [9.17, 15) is 4.79 Å². The van der Waals surface area contributed by atoms with Crippen LogP contribution >= 0.6 is 0 Å². The van der Waals surface area contributed by atoms with E-state index in [-0.39, 0.29) is 17.6 Å². The summed E-state index contributed by atoms with van der Waals surface area (Å²) in [5, 5.41) is 0. The number of rotatable bonds is 2. The van der Waals surface area contributed by atoms with Gasteiger partial charge in [0.15, 0.2) is 5.78 Å². The van der Waals surface area contributed by atoms with Gasteiger partial charge in [0.05, 0.1) is 18.2 Å². The van der Waals surface area contributed by atoms with Gasteiger partial charge in [0.1, 0.15) is 6.26 Å². The minimum Gasteiger partial charge on any atom is -0.472 e. The predicted molar refractivity (Wildman–Crippen MR) is 54.9 cm³/mol. The van der Waals surface area contributed by atoms with E-state index in [1.54, 1.807) is 6.07 Å². The van der Waals surface area contributed by atoms with Gasteiger partial charge in [-0.2, -0.15) is 0 Å². The zero-order valence-electron chi connectivity index (χ0n) is 8.76. The van der Waals surface area contributed by atoms with E-state index in [0.717, 1.165) is 0 Å². The van der Waals surface area contributed by atoms with Gasteiger partial charge in [-0.15, -0.1) is 0 Å². The van der Waals surface area contributed by atoms with Gasteiger partial charge in [-0.25, -0.2) is 0 Å². The third kappa shape index (κ3) is 3.49. The van der Waals surface area contributed by atoms with Crippen molar-refractivity contribution in [1.82, 2.24) is 0 Å². The fraction of sp³-hybridized carbons (Fsp3) is 0.417. The van der Waals surface area contributed by atoms with Gasteiger partial charge in [0.25, 0.3) is 0 Å². The molecule has 0 radical (unpaired) electrons. The molecule has 0 unspecified atom stereocenters. The lowest BCUT2D eigenvalue weighted by Crippen LogP contribution is -2.00. The largest absolute Gasteiger partial charge is 0.472 e. The maximum absolute atomic E-state index is 11.4. The van der Waals surface area contributed by atoms with E-state index in [4.69, 9.17) is 4.42 Å². The molecule has 1 rings (SSSR count). The molecule has 1 aromatic heterocycles. The molecule has 0 aliphatic rings. The lowest BCUT2D eigenvalue weighted by atomic mass is 9.97. The Hall–Kier alpha value is -1.49. The van der Waals surface area contributed by atoms with Gasteiger partial charge in [-0.1, -0.05) is 11.8 Å². The van der Waals surface area contributed by atoms with E-state index < -0.39 is 0 Å². The number of hydrogen-bond acceptors (Lipinski definition) is 2. The van der Waals surface area contributed by atoms with Crippen molar-refractivity contribution >= 4 is 5.78 Å². The Morgan fingerprint density at radius 3 is 2.71 bits per heavy atom. The summed E-state index contributed by atoms with van der Waals surface area (Å²) in [7, 11) is 0. The van der Waals surface area contributed by atoms with E-state index in [0.29, 0.717) is 5.56 Å². The number of carbonyl (C=O) groups is 1. The SMILES string of the molecule is CC(C)(C)C#CCC(=O)c1ccoc1. The zero-order chi connectivity index (χ0) is 10.6. The Balaban J connectivity index is 2.54. The van der Waals surface area contributed by atoms with Crippen LogP contribution in [0.3, 0.4) is 0 Å². The molecule has 2 heteroatoms. The average Bonchev–Trinajstić information content (AvgIpc) is 2.53. The molecule has 0 fully saturated rings. The minimum absolute atomic E-state index is 0.00972. The summed E-state index contributed by atoms with van der Waals surface area (Å²) in [4.78, 5) is 11.4. The molecule has 0 aromatic carbocycles. The number of Topliss-reactive ketones (excluding diaryl/α,β-unsaturated/α-hetero) is 1. The number of furan rings is 1. The highest BCUT2D eigenvalue weighted by Crippen LogP contribution is 2.10. The lowest BCUT2D eigenvalue weighted by molar-refractivity contribution is 0.0997. The van der Waals surface area contributed by atoms with Crippen LogP contribution in [0.15, 0.2) is 23.0 Å². The number of ketones is 1. The molecule has 0 saturated heterocycles. The van der Waals surface area contributed by atoms with Crippen LogP contribution < -0.4 is 0 Å². The average molecular weight is 190 g/mol. The van der Waals surface area contributed by atoms with Crippen LogP contribution in [0.5, 0.6) is 0 Å². The van der Waals surface area contributed by atoms with Crippen LogP contribution in [-0.2, 0) is 0 Å². The van der Waals surface area contributed by atoms with Crippen molar-refractivity contribution in [3.63, 3.8) is 0 Å². The van der Waals surface area contributed by atoms with Crippen molar-refractivity contribution < 1.29 is 9.21 Å². The molecule has 74 valence electrons. The monoisotopic (exact) mass is 190 g/mol. The first-order valence-corrected chi connectivity index (χ1v) is 4.54. The highest BCUT2D eigenvalue weighted by atomic mass is 16.3. The second-order valence-electron chi connectivity index (χ2n) is 4.16. The molecule has 1 aromatic rings. The van der Waals surface area contributed by atoms with Crippen molar-refractivity contribution in [3.8, 4) is 11.8 Å². The maximum atomic E-state index is 11.4. The van der Waals surface area contributed by atoms with Gasteiger partial charge >= 0.3 is 0 Å². The summed E-state index contributed by atoms with van der Waals surface area (Å²) in [6, 6.07) is 1.65. The molecule has 0 saturated carbocycles. The summed E-state index contributed by atoms with van der Waals surface area (Å²) in [6.45, 7) is 6.05. The minimum atomic E-state index is -0.0450. The van der Waals surface area contributed by atoms with Crippen molar-refractivity contribution in [1.29, 1.82) is 0 Å². The van der Waals surface area contributed by atoms with Crippen LogP contribution in [-0.4, -0.2) is 5.78 Å². The van der Waals surface area contributed by atoms with Gasteiger partial charge in [-0.3, -0.25) is 4.79 Å². The fourth-order valence-electron chi connectivity index (χ4n) is 0.915. The third-order valence-corrected chi connectivity index (χ3v) is 1.56. The molecule has 14 heavy (non-hydrogen) atoms. The number of carbonyl (C=O) groups excluding carboxylic acids is 1. The summed E-state index contributed by atoms with van der Waals surface area (Å²) in [5.74, 6) is 5.90. The van der Waals surface area contributed by atoms with Gasteiger partial charge < -0.3 is 4.42 Å². The Labute approximate surface area is 84.3 Å². The first-order chi connectivity index (χ1) is 6.49. The molecule has 0 aliphatic carbocycles. The normalized spacial score (nSPS) is 10.5. The summed E-state index contributed by atoms with van der Waals surface area (Å²) in [6.07, 6.45) is 3.20. The van der Waals surface area contributed by atoms with Crippen LogP contribution in [0.25, 0.3) is 0 Å². The lowest BCUT2D eigenvalue weighted by Gasteiger charge is -2.06. The van der Waals surface area contributed by atoms with E-state index in [2.05, 4.69) is 11.8 Å². The number of hydrogen-bond donors (Lipinski definition) is 0. The molecular weight excluding hydrogens is 176 g/mol. The molecular formula is C12H14O2. The standard InChI is InChI=1S/C12H14O2/c1-12(2,3)7-4-5-11(13)10-6-8-14-9-10/h6,8-9H,5H2,1-3H3. The molecule has 0 aliphatic heterocycles. The zero-order valence-corrected chi connectivity index (χ0v) is 8.76. The van der Waals surface area contributed by atoms with E-state index in [1.807, 2.05) is 20.8 Å². The Morgan fingerprint density at radius 1 is 1.50 bits per heavy atom. The van der Waals surface area contributed by atoms with Crippen molar-refractivity contribution in [3.05, 3.63) is 24.2 Å². The third-order valence-electron chi connectivity index (χ3n) is 1.56. The predicted octanol–water partition coefficient (Wildman–Crippen LogP) is 2.90. The summed E-state index contributed by atoms with van der Waals surface area (Å²) in [5.41, 5.74) is 0.546. The highest BCUT2D eigenvalue weighted by Gasteiger charge is 2.06.